The lowest BCUT2D eigenvalue weighted by atomic mass is 10.2. The van der Waals surface area contributed by atoms with Crippen molar-refractivity contribution in [1.82, 2.24) is 0 Å². The molecule has 1 rings (SSSR count). The summed E-state index contributed by atoms with van der Waals surface area (Å²) < 4.78 is 9.84. The van der Waals surface area contributed by atoms with Crippen molar-refractivity contribution in [2.75, 3.05) is 13.7 Å². The van der Waals surface area contributed by atoms with Crippen LogP contribution in [-0.4, -0.2) is 30.7 Å². The predicted octanol–water partition coefficient (Wildman–Crippen LogP) is 2.44. The summed E-state index contributed by atoms with van der Waals surface area (Å²) in [5.74, 6) is -0.715. The summed E-state index contributed by atoms with van der Waals surface area (Å²) in [4.78, 5) is 21.8. The number of hydrogen-bond donors (Lipinski definition) is 0. The maximum absolute atomic E-state index is 11.7. The van der Waals surface area contributed by atoms with E-state index < -0.39 is 17.0 Å². The lowest BCUT2D eigenvalue weighted by molar-refractivity contribution is -0.384. The highest BCUT2D eigenvalue weighted by Gasteiger charge is 2.22. The molecule has 0 amide bonds. The van der Waals surface area contributed by atoms with E-state index >= 15 is 0 Å². The van der Waals surface area contributed by atoms with Gasteiger partial charge in [-0.3, -0.25) is 10.1 Å². The van der Waals surface area contributed by atoms with E-state index in [2.05, 4.69) is 0 Å². The number of halogens is 1. The third-order valence-corrected chi connectivity index (χ3v) is 2.50. The molecule has 18 heavy (non-hydrogen) atoms. The zero-order chi connectivity index (χ0) is 13.7. The van der Waals surface area contributed by atoms with Gasteiger partial charge in [0.2, 0.25) is 0 Å². The normalized spacial score (nSPS) is 11.9. The Morgan fingerprint density at radius 1 is 1.56 bits per heavy atom. The zero-order valence-electron chi connectivity index (χ0n) is 9.88. The third-order valence-electron chi connectivity index (χ3n) is 2.10. The summed E-state index contributed by atoms with van der Waals surface area (Å²) in [6, 6.07) is 3.97. The molecule has 1 atom stereocenters. The summed E-state index contributed by atoms with van der Waals surface area (Å²) in [6.45, 7) is 1.88. The molecule has 0 saturated heterocycles. The molecule has 0 radical (unpaired) electrons. The molecule has 0 N–H and O–H groups in total. The molecule has 0 aliphatic heterocycles. The molecule has 1 aromatic carbocycles. The van der Waals surface area contributed by atoms with Crippen LogP contribution in [0.3, 0.4) is 0 Å². The van der Waals surface area contributed by atoms with Crippen LogP contribution in [0.5, 0.6) is 0 Å². The maximum Gasteiger partial charge on any atom is 0.340 e. The average Bonchev–Trinajstić information content (AvgIpc) is 2.28. The topological polar surface area (TPSA) is 78.7 Å². The number of esters is 1. The SMILES string of the molecule is COCC(C)OC(=O)c1cccc([N+](=O)[O-])c1Cl. The first-order valence-corrected chi connectivity index (χ1v) is 5.48. The quantitative estimate of drug-likeness (QED) is 0.468. The summed E-state index contributed by atoms with van der Waals surface area (Å²) in [6.07, 6.45) is -0.460. The Hall–Kier alpha value is -1.66. The summed E-state index contributed by atoms with van der Waals surface area (Å²) >= 11 is 5.79. The fourth-order valence-corrected chi connectivity index (χ4v) is 1.61. The van der Waals surface area contributed by atoms with Crippen LogP contribution in [-0.2, 0) is 9.47 Å². The Balaban J connectivity index is 2.93. The fraction of sp³-hybridized carbons (Fsp3) is 0.364. The smallest absolute Gasteiger partial charge is 0.340 e. The van der Waals surface area contributed by atoms with Crippen molar-refractivity contribution in [2.24, 2.45) is 0 Å². The van der Waals surface area contributed by atoms with Crippen LogP contribution >= 0.6 is 11.6 Å². The number of carbonyl (C=O) groups excluding carboxylic acids is 1. The first-order chi connectivity index (χ1) is 8.47. The highest BCUT2D eigenvalue weighted by Crippen LogP contribution is 2.28. The second-order valence-corrected chi connectivity index (χ2v) is 3.95. The van der Waals surface area contributed by atoms with Gasteiger partial charge in [-0.2, -0.15) is 0 Å². The lowest BCUT2D eigenvalue weighted by Crippen LogP contribution is -2.20. The Morgan fingerprint density at radius 3 is 2.78 bits per heavy atom. The van der Waals surface area contributed by atoms with Gasteiger partial charge in [0.15, 0.2) is 0 Å². The Labute approximate surface area is 109 Å². The van der Waals surface area contributed by atoms with E-state index in [0.717, 1.165) is 0 Å². The van der Waals surface area contributed by atoms with Gasteiger partial charge in [0.25, 0.3) is 5.69 Å². The van der Waals surface area contributed by atoms with Crippen molar-refractivity contribution >= 4 is 23.3 Å². The van der Waals surface area contributed by atoms with E-state index in [-0.39, 0.29) is 22.9 Å². The van der Waals surface area contributed by atoms with Gasteiger partial charge in [0.05, 0.1) is 17.1 Å². The van der Waals surface area contributed by atoms with E-state index in [4.69, 9.17) is 21.1 Å². The van der Waals surface area contributed by atoms with Gasteiger partial charge in [-0.1, -0.05) is 17.7 Å². The molecular formula is C11H12ClNO5. The molecule has 0 bridgehead atoms. The molecule has 1 unspecified atom stereocenters. The van der Waals surface area contributed by atoms with E-state index in [1.807, 2.05) is 0 Å². The standard InChI is InChI=1S/C11H12ClNO5/c1-7(6-17-2)18-11(14)8-4-3-5-9(10(8)12)13(15)16/h3-5,7H,6H2,1-2H3. The largest absolute Gasteiger partial charge is 0.457 e. The molecule has 6 nitrogen and oxygen atoms in total. The Morgan fingerprint density at radius 2 is 2.22 bits per heavy atom. The number of nitrogens with zero attached hydrogens (tertiary/aromatic N) is 1. The highest BCUT2D eigenvalue weighted by molar-refractivity contribution is 6.35. The number of methoxy groups -OCH3 is 1. The molecule has 98 valence electrons. The molecule has 1 aromatic rings. The number of nitro groups is 1. The molecule has 0 aliphatic rings. The van der Waals surface area contributed by atoms with E-state index in [1.54, 1.807) is 6.92 Å². The van der Waals surface area contributed by atoms with Crippen molar-refractivity contribution < 1.29 is 19.2 Å². The first kappa shape index (κ1) is 14.4. The zero-order valence-corrected chi connectivity index (χ0v) is 10.6. The van der Waals surface area contributed by atoms with E-state index in [1.165, 1.54) is 25.3 Å². The fourth-order valence-electron chi connectivity index (χ4n) is 1.33. The molecule has 0 saturated carbocycles. The highest BCUT2D eigenvalue weighted by atomic mass is 35.5. The van der Waals surface area contributed by atoms with Crippen molar-refractivity contribution in [3.05, 3.63) is 38.9 Å². The molecule has 0 heterocycles. The number of ether oxygens (including phenoxy) is 2. The molecule has 7 heteroatoms. The van der Waals surface area contributed by atoms with Crippen LogP contribution in [0.25, 0.3) is 0 Å². The van der Waals surface area contributed by atoms with Crippen LogP contribution < -0.4 is 0 Å². The summed E-state index contributed by atoms with van der Waals surface area (Å²) in [7, 11) is 1.48. The van der Waals surface area contributed by atoms with Gasteiger partial charge in [-0.05, 0) is 13.0 Å². The lowest BCUT2D eigenvalue weighted by Gasteiger charge is -2.12. The van der Waals surface area contributed by atoms with Gasteiger partial charge in [-0.15, -0.1) is 0 Å². The number of benzene rings is 1. The Bertz CT molecular complexity index is 463. The van der Waals surface area contributed by atoms with Gasteiger partial charge < -0.3 is 9.47 Å². The predicted molar refractivity (Wildman–Crippen MR) is 64.9 cm³/mol. The number of nitro benzene ring substituents is 1. The maximum atomic E-state index is 11.7. The van der Waals surface area contributed by atoms with Gasteiger partial charge >= 0.3 is 5.97 Å². The van der Waals surface area contributed by atoms with E-state index in [0.29, 0.717) is 0 Å². The van der Waals surface area contributed by atoms with Crippen LogP contribution in [0.15, 0.2) is 18.2 Å². The minimum Gasteiger partial charge on any atom is -0.457 e. The van der Waals surface area contributed by atoms with Crippen LogP contribution in [0, 0.1) is 10.1 Å². The van der Waals surface area contributed by atoms with Gasteiger partial charge in [0.1, 0.15) is 11.1 Å². The van der Waals surface area contributed by atoms with Crippen molar-refractivity contribution in [2.45, 2.75) is 13.0 Å². The number of rotatable bonds is 5. The second kappa shape index (κ2) is 6.32. The molecular weight excluding hydrogens is 262 g/mol. The summed E-state index contributed by atoms with van der Waals surface area (Å²) in [5.41, 5.74) is -0.362. The van der Waals surface area contributed by atoms with Gasteiger partial charge in [0, 0.05) is 13.2 Å². The van der Waals surface area contributed by atoms with Crippen LogP contribution in [0.4, 0.5) is 5.69 Å². The van der Waals surface area contributed by atoms with Crippen LogP contribution in [0.1, 0.15) is 17.3 Å². The average molecular weight is 274 g/mol. The van der Waals surface area contributed by atoms with E-state index in [9.17, 15) is 14.9 Å². The molecule has 0 spiro atoms. The summed E-state index contributed by atoms with van der Waals surface area (Å²) in [5, 5.41) is 10.4. The molecule has 0 aromatic heterocycles. The van der Waals surface area contributed by atoms with Crippen LogP contribution in [0.2, 0.25) is 5.02 Å². The monoisotopic (exact) mass is 273 g/mol. The number of carbonyl (C=O) groups is 1. The first-order valence-electron chi connectivity index (χ1n) is 5.10. The Kier molecular flexibility index (Phi) is 5.06. The number of hydrogen-bond acceptors (Lipinski definition) is 5. The second-order valence-electron chi connectivity index (χ2n) is 3.57. The molecule has 0 aliphatic carbocycles. The minimum atomic E-state index is -0.715. The van der Waals surface area contributed by atoms with Crippen molar-refractivity contribution in [3.63, 3.8) is 0 Å². The van der Waals surface area contributed by atoms with Crippen molar-refractivity contribution in [1.29, 1.82) is 0 Å². The van der Waals surface area contributed by atoms with Gasteiger partial charge in [-0.25, -0.2) is 4.79 Å². The molecule has 0 fully saturated rings. The third kappa shape index (κ3) is 3.41. The minimum absolute atomic E-state index is 0.0335. The van der Waals surface area contributed by atoms with Crippen molar-refractivity contribution in [3.8, 4) is 0 Å².